The third-order valence-electron chi connectivity index (χ3n) is 7.05. The highest BCUT2D eigenvalue weighted by molar-refractivity contribution is 6.11. The first-order valence-corrected chi connectivity index (χ1v) is 12.1. The van der Waals surface area contributed by atoms with Crippen LogP contribution in [0.1, 0.15) is 52.7 Å². The van der Waals surface area contributed by atoms with Gasteiger partial charge in [0.1, 0.15) is 11.2 Å². The highest BCUT2D eigenvalue weighted by Crippen LogP contribution is 2.43. The minimum absolute atomic E-state index is 0.0908. The van der Waals surface area contributed by atoms with Crippen LogP contribution in [0.3, 0.4) is 0 Å². The minimum atomic E-state index is -0.109. The Morgan fingerprint density at radius 1 is 0.588 bits per heavy atom. The molecule has 34 heavy (non-hydrogen) atoms. The summed E-state index contributed by atoms with van der Waals surface area (Å²) < 4.78 is 9.04. The minimum Gasteiger partial charge on any atom is -0.456 e. The molecule has 0 radical (unpaired) electrons. The molecule has 2 aromatic heterocycles. The highest BCUT2D eigenvalue weighted by Gasteiger charge is 2.27. The average Bonchev–Trinajstić information content (AvgIpc) is 3.32. The first-order valence-electron chi connectivity index (χ1n) is 12.1. The lowest BCUT2D eigenvalue weighted by Gasteiger charge is -2.24. The molecule has 0 atom stereocenters. The summed E-state index contributed by atoms with van der Waals surface area (Å²) in [5.41, 5.74) is 8.12. The van der Waals surface area contributed by atoms with E-state index >= 15 is 0 Å². The number of benzene rings is 4. The summed E-state index contributed by atoms with van der Waals surface area (Å²) in [6.45, 7) is 13.6. The van der Waals surface area contributed by atoms with Crippen LogP contribution in [0.4, 0.5) is 0 Å². The molecule has 4 aromatic carbocycles. The largest absolute Gasteiger partial charge is 0.456 e. The van der Waals surface area contributed by atoms with Crippen molar-refractivity contribution in [3.63, 3.8) is 0 Å². The summed E-state index contributed by atoms with van der Waals surface area (Å²) in [6.07, 6.45) is 0. The summed E-state index contributed by atoms with van der Waals surface area (Å²) >= 11 is 0. The maximum Gasteiger partial charge on any atom is 0.141 e. The molecule has 0 fully saturated rings. The van der Waals surface area contributed by atoms with Crippen LogP contribution in [-0.2, 0) is 10.8 Å². The number of rotatable bonds is 1. The van der Waals surface area contributed by atoms with Gasteiger partial charge in [-0.1, -0.05) is 84.0 Å². The van der Waals surface area contributed by atoms with Crippen LogP contribution in [0, 0.1) is 0 Å². The van der Waals surface area contributed by atoms with Gasteiger partial charge in [0.15, 0.2) is 0 Å². The molecule has 0 unspecified atom stereocenters. The van der Waals surface area contributed by atoms with Crippen molar-refractivity contribution in [3.8, 4) is 5.69 Å². The van der Waals surface area contributed by atoms with Crippen LogP contribution in [-0.4, -0.2) is 4.57 Å². The Labute approximate surface area is 200 Å². The van der Waals surface area contributed by atoms with E-state index in [-0.39, 0.29) is 10.8 Å². The van der Waals surface area contributed by atoms with E-state index in [1.807, 2.05) is 0 Å². The van der Waals surface area contributed by atoms with Crippen molar-refractivity contribution in [2.45, 2.75) is 52.4 Å². The summed E-state index contributed by atoms with van der Waals surface area (Å²) in [7, 11) is 0. The molecule has 0 bridgehead atoms. The zero-order valence-electron chi connectivity index (χ0n) is 20.9. The van der Waals surface area contributed by atoms with Gasteiger partial charge in [-0.3, -0.25) is 0 Å². The first-order chi connectivity index (χ1) is 16.1. The predicted molar refractivity (Wildman–Crippen MR) is 145 cm³/mol. The topological polar surface area (TPSA) is 18.1 Å². The molecule has 0 saturated heterocycles. The SMILES string of the molecule is CC(C)(C)c1ccc2oc3c(C(C)(C)C)c(-n4c5ccccc5c5ccccc54)ccc3c2c1. The Kier molecular flexibility index (Phi) is 4.33. The second kappa shape index (κ2) is 6.99. The molecule has 0 aliphatic carbocycles. The van der Waals surface area contributed by atoms with E-state index in [1.54, 1.807) is 0 Å². The van der Waals surface area contributed by atoms with Crippen molar-refractivity contribution in [3.05, 3.63) is 90.0 Å². The summed E-state index contributed by atoms with van der Waals surface area (Å²) in [5.74, 6) is 0. The van der Waals surface area contributed by atoms with Gasteiger partial charge >= 0.3 is 0 Å². The number of hydrogen-bond donors (Lipinski definition) is 0. The molecule has 2 nitrogen and oxygen atoms in total. The second-order valence-electron chi connectivity index (χ2n) is 11.5. The molecule has 6 aromatic rings. The van der Waals surface area contributed by atoms with Crippen LogP contribution in [0.2, 0.25) is 0 Å². The average molecular weight is 446 g/mol. The molecule has 0 spiro atoms. The van der Waals surface area contributed by atoms with Crippen molar-refractivity contribution in [1.82, 2.24) is 4.57 Å². The third-order valence-corrected chi connectivity index (χ3v) is 7.05. The Hall–Kier alpha value is -3.52. The third kappa shape index (κ3) is 3.01. The fourth-order valence-corrected chi connectivity index (χ4v) is 5.39. The van der Waals surface area contributed by atoms with E-state index < -0.39 is 0 Å². The summed E-state index contributed by atoms with van der Waals surface area (Å²) in [5, 5.41) is 4.94. The van der Waals surface area contributed by atoms with E-state index in [9.17, 15) is 0 Å². The van der Waals surface area contributed by atoms with Crippen molar-refractivity contribution in [2.75, 3.05) is 0 Å². The lowest BCUT2D eigenvalue weighted by atomic mass is 9.83. The number of hydrogen-bond acceptors (Lipinski definition) is 1. The van der Waals surface area contributed by atoms with Crippen molar-refractivity contribution >= 4 is 43.7 Å². The summed E-state index contributed by atoms with van der Waals surface area (Å²) in [4.78, 5) is 0. The maximum atomic E-state index is 6.63. The lowest BCUT2D eigenvalue weighted by Crippen LogP contribution is -2.15. The molecule has 0 saturated carbocycles. The van der Waals surface area contributed by atoms with E-state index in [0.717, 1.165) is 11.2 Å². The molecule has 0 aliphatic rings. The van der Waals surface area contributed by atoms with E-state index in [1.165, 1.54) is 49.4 Å². The Morgan fingerprint density at radius 2 is 1.21 bits per heavy atom. The van der Waals surface area contributed by atoms with Gasteiger partial charge in [0.05, 0.1) is 16.7 Å². The number of nitrogens with zero attached hydrogens (tertiary/aromatic N) is 1. The van der Waals surface area contributed by atoms with E-state index in [2.05, 4.69) is 125 Å². The lowest BCUT2D eigenvalue weighted by molar-refractivity contribution is 0.570. The van der Waals surface area contributed by atoms with Gasteiger partial charge in [0.2, 0.25) is 0 Å². The highest BCUT2D eigenvalue weighted by atomic mass is 16.3. The predicted octanol–water partition coefficient (Wildman–Crippen LogP) is 9.28. The van der Waals surface area contributed by atoms with Crippen LogP contribution >= 0.6 is 0 Å². The molecular weight excluding hydrogens is 414 g/mol. The van der Waals surface area contributed by atoms with Crippen molar-refractivity contribution < 1.29 is 4.42 Å². The molecule has 2 heterocycles. The van der Waals surface area contributed by atoms with Gasteiger partial charge in [0.25, 0.3) is 0 Å². The van der Waals surface area contributed by atoms with Gasteiger partial charge in [0, 0.05) is 27.1 Å². The van der Waals surface area contributed by atoms with E-state index in [0.29, 0.717) is 0 Å². The van der Waals surface area contributed by atoms with E-state index in [4.69, 9.17) is 4.42 Å². The molecule has 0 N–H and O–H groups in total. The summed E-state index contributed by atoms with van der Waals surface area (Å²) in [6, 6.07) is 28.6. The molecular formula is C32H31NO. The van der Waals surface area contributed by atoms with Crippen molar-refractivity contribution in [1.29, 1.82) is 0 Å². The maximum absolute atomic E-state index is 6.63. The van der Waals surface area contributed by atoms with Gasteiger partial charge in [-0.15, -0.1) is 0 Å². The quantitative estimate of drug-likeness (QED) is 0.247. The van der Waals surface area contributed by atoms with Gasteiger partial charge in [-0.25, -0.2) is 0 Å². The number of fused-ring (bicyclic) bond motifs is 6. The Balaban J connectivity index is 1.76. The smallest absolute Gasteiger partial charge is 0.141 e. The molecule has 2 heteroatoms. The zero-order chi connectivity index (χ0) is 23.8. The van der Waals surface area contributed by atoms with Crippen LogP contribution in [0.25, 0.3) is 49.4 Å². The molecule has 0 amide bonds. The van der Waals surface area contributed by atoms with Gasteiger partial charge in [-0.05, 0) is 52.8 Å². The Bertz CT molecular complexity index is 1660. The number of furan rings is 1. The van der Waals surface area contributed by atoms with Gasteiger partial charge < -0.3 is 8.98 Å². The standard InChI is InChI=1S/C32H31NO/c1-31(2,3)20-15-18-28-24(19-20)23-16-17-27(29(30(23)34-28)32(4,5)6)33-25-13-9-7-11-21(25)22-12-8-10-14-26(22)33/h7-19H,1-6H3. The van der Waals surface area contributed by atoms with Gasteiger partial charge in [-0.2, -0.15) is 0 Å². The fourth-order valence-electron chi connectivity index (χ4n) is 5.39. The van der Waals surface area contributed by atoms with Crippen LogP contribution < -0.4 is 0 Å². The molecule has 170 valence electrons. The second-order valence-corrected chi connectivity index (χ2v) is 11.5. The van der Waals surface area contributed by atoms with Crippen molar-refractivity contribution in [2.24, 2.45) is 0 Å². The first kappa shape index (κ1) is 21.0. The normalized spacial score (nSPS) is 13.0. The van der Waals surface area contributed by atoms with Crippen LogP contribution in [0.15, 0.2) is 83.3 Å². The zero-order valence-corrected chi connectivity index (χ0v) is 20.9. The number of para-hydroxylation sites is 2. The molecule has 0 aliphatic heterocycles. The number of aromatic nitrogens is 1. The van der Waals surface area contributed by atoms with Crippen LogP contribution in [0.5, 0.6) is 0 Å². The molecule has 6 rings (SSSR count). The Morgan fingerprint density at radius 3 is 1.79 bits per heavy atom. The monoisotopic (exact) mass is 445 g/mol. The fraction of sp³-hybridized carbons (Fsp3) is 0.250.